The van der Waals surface area contributed by atoms with Crippen LogP contribution in [0.5, 0.6) is 0 Å². The summed E-state index contributed by atoms with van der Waals surface area (Å²) in [5.74, 6) is -0.156. The van der Waals surface area contributed by atoms with Gasteiger partial charge >= 0.3 is 0 Å². The van der Waals surface area contributed by atoms with Crippen molar-refractivity contribution in [2.75, 3.05) is 5.32 Å². The van der Waals surface area contributed by atoms with Gasteiger partial charge in [0.15, 0.2) is 0 Å². The fraction of sp³-hybridized carbons (Fsp3) is 0.300. The molecule has 1 heterocycles. The second-order valence-electron chi connectivity index (χ2n) is 6.51. The van der Waals surface area contributed by atoms with Crippen molar-refractivity contribution in [3.63, 3.8) is 0 Å². The summed E-state index contributed by atoms with van der Waals surface area (Å²) in [5, 5.41) is 5.65. The lowest BCUT2D eigenvalue weighted by molar-refractivity contribution is -0.124. The minimum absolute atomic E-state index is 0.0568. The van der Waals surface area contributed by atoms with E-state index in [-0.39, 0.29) is 29.5 Å². The highest BCUT2D eigenvalue weighted by Gasteiger charge is 2.30. The lowest BCUT2D eigenvalue weighted by atomic mass is 9.87. The van der Waals surface area contributed by atoms with Crippen LogP contribution in [0.2, 0.25) is 0 Å². The maximum absolute atomic E-state index is 12.5. The first-order valence-electron chi connectivity index (χ1n) is 8.64. The third kappa shape index (κ3) is 3.42. The lowest BCUT2D eigenvalue weighted by Gasteiger charge is -2.28. The molecule has 1 aliphatic carbocycles. The Kier molecular flexibility index (Phi) is 4.49. The van der Waals surface area contributed by atoms with E-state index in [2.05, 4.69) is 22.8 Å². The van der Waals surface area contributed by atoms with Crippen LogP contribution in [0.1, 0.15) is 36.4 Å². The highest BCUT2D eigenvalue weighted by Crippen LogP contribution is 2.37. The number of rotatable bonds is 3. The Labute approximate surface area is 151 Å². The zero-order valence-electron chi connectivity index (χ0n) is 13.8. The van der Waals surface area contributed by atoms with Crippen molar-refractivity contribution in [3.05, 3.63) is 59.7 Å². The molecular formula is C20H20N2O2S. The van der Waals surface area contributed by atoms with Crippen molar-refractivity contribution in [3.8, 4) is 0 Å². The molecule has 2 atom stereocenters. The molecule has 0 saturated carbocycles. The van der Waals surface area contributed by atoms with Crippen LogP contribution in [-0.2, 0) is 16.0 Å². The Morgan fingerprint density at radius 2 is 1.96 bits per heavy atom. The van der Waals surface area contributed by atoms with Crippen LogP contribution in [-0.4, -0.2) is 17.1 Å². The summed E-state index contributed by atoms with van der Waals surface area (Å²) in [6, 6.07) is 16.0. The number of benzene rings is 2. The van der Waals surface area contributed by atoms with E-state index in [1.165, 1.54) is 22.9 Å². The van der Waals surface area contributed by atoms with Crippen LogP contribution in [0.25, 0.3) is 0 Å². The number of carbonyl (C=O) groups is 2. The molecule has 4 nitrogen and oxygen atoms in total. The zero-order valence-corrected chi connectivity index (χ0v) is 14.6. The van der Waals surface area contributed by atoms with Crippen LogP contribution in [0, 0.1) is 0 Å². The molecule has 2 aliphatic rings. The van der Waals surface area contributed by atoms with Gasteiger partial charge in [-0.1, -0.05) is 36.4 Å². The van der Waals surface area contributed by atoms with E-state index in [4.69, 9.17) is 0 Å². The molecule has 0 spiro atoms. The Balaban J connectivity index is 1.43. The van der Waals surface area contributed by atoms with E-state index in [1.807, 2.05) is 36.4 Å². The molecule has 0 saturated heterocycles. The van der Waals surface area contributed by atoms with Crippen LogP contribution in [0.15, 0.2) is 53.4 Å². The summed E-state index contributed by atoms with van der Waals surface area (Å²) in [7, 11) is 0. The monoisotopic (exact) mass is 352 g/mol. The Hall–Kier alpha value is -2.27. The van der Waals surface area contributed by atoms with E-state index in [0.717, 1.165) is 29.8 Å². The van der Waals surface area contributed by atoms with Gasteiger partial charge in [0.1, 0.15) is 0 Å². The highest BCUT2D eigenvalue weighted by atomic mass is 32.2. The molecule has 0 radical (unpaired) electrons. The molecule has 1 aliphatic heterocycles. The largest absolute Gasteiger partial charge is 0.349 e. The standard InChI is InChI=1S/C20H20N2O2S/c23-19(21-15-10-5-7-13-6-1-2-8-14(13)15)12-18-20(24)22-16-9-3-4-11-17(16)25-18/h1-4,6,8-9,11,15,18H,5,7,10,12H2,(H,21,23)(H,22,24)/t15-,18+/m1/s1. The molecule has 0 aromatic heterocycles. The third-order valence-corrected chi connectivity index (χ3v) is 6.06. The topological polar surface area (TPSA) is 58.2 Å². The van der Waals surface area contributed by atoms with Gasteiger partial charge in [-0.15, -0.1) is 11.8 Å². The minimum Gasteiger partial charge on any atom is -0.349 e. The minimum atomic E-state index is -0.381. The smallest absolute Gasteiger partial charge is 0.238 e. The number of para-hydroxylation sites is 1. The normalized spacial score (nSPS) is 21.7. The highest BCUT2D eigenvalue weighted by molar-refractivity contribution is 8.01. The third-order valence-electron chi connectivity index (χ3n) is 4.78. The summed E-state index contributed by atoms with van der Waals surface area (Å²) in [6.45, 7) is 0. The molecule has 2 aromatic rings. The predicted molar refractivity (Wildman–Crippen MR) is 99.6 cm³/mol. The molecule has 2 amide bonds. The van der Waals surface area contributed by atoms with E-state index < -0.39 is 0 Å². The van der Waals surface area contributed by atoms with E-state index in [9.17, 15) is 9.59 Å². The fourth-order valence-electron chi connectivity index (χ4n) is 3.55. The number of aryl methyl sites for hydroxylation is 1. The molecule has 25 heavy (non-hydrogen) atoms. The van der Waals surface area contributed by atoms with Gasteiger partial charge in [-0.25, -0.2) is 0 Å². The number of thioether (sulfide) groups is 1. The maximum atomic E-state index is 12.5. The van der Waals surface area contributed by atoms with Crippen molar-refractivity contribution < 1.29 is 9.59 Å². The Bertz CT molecular complexity index is 821. The Morgan fingerprint density at radius 3 is 2.88 bits per heavy atom. The van der Waals surface area contributed by atoms with Crippen molar-refractivity contribution in [1.82, 2.24) is 5.32 Å². The molecular weight excluding hydrogens is 332 g/mol. The fourth-order valence-corrected chi connectivity index (χ4v) is 4.66. The van der Waals surface area contributed by atoms with Crippen LogP contribution < -0.4 is 10.6 Å². The van der Waals surface area contributed by atoms with Gasteiger partial charge in [0.05, 0.1) is 17.0 Å². The van der Waals surface area contributed by atoms with Crippen LogP contribution in [0.4, 0.5) is 5.69 Å². The van der Waals surface area contributed by atoms with Crippen LogP contribution >= 0.6 is 11.8 Å². The average Bonchev–Trinajstić information content (AvgIpc) is 2.63. The molecule has 5 heteroatoms. The lowest BCUT2D eigenvalue weighted by Crippen LogP contribution is -2.37. The predicted octanol–water partition coefficient (Wildman–Crippen LogP) is 3.68. The summed E-state index contributed by atoms with van der Waals surface area (Å²) in [5.41, 5.74) is 3.36. The van der Waals surface area contributed by atoms with Crippen LogP contribution in [0.3, 0.4) is 0 Å². The first kappa shape index (κ1) is 16.2. The summed E-state index contributed by atoms with van der Waals surface area (Å²) < 4.78 is 0. The summed E-state index contributed by atoms with van der Waals surface area (Å²) >= 11 is 1.47. The molecule has 0 fully saturated rings. The van der Waals surface area contributed by atoms with E-state index in [0.29, 0.717) is 0 Å². The summed E-state index contributed by atoms with van der Waals surface area (Å²) in [4.78, 5) is 25.8. The molecule has 4 rings (SSSR count). The Morgan fingerprint density at radius 1 is 1.16 bits per heavy atom. The molecule has 128 valence electrons. The quantitative estimate of drug-likeness (QED) is 0.886. The van der Waals surface area contributed by atoms with Crippen molar-refractivity contribution in [1.29, 1.82) is 0 Å². The van der Waals surface area contributed by atoms with Crippen molar-refractivity contribution >= 4 is 29.3 Å². The van der Waals surface area contributed by atoms with E-state index >= 15 is 0 Å². The number of hydrogen-bond acceptors (Lipinski definition) is 3. The number of amides is 2. The second-order valence-corrected chi connectivity index (χ2v) is 7.75. The van der Waals surface area contributed by atoms with Crippen molar-refractivity contribution in [2.45, 2.75) is 41.9 Å². The number of nitrogens with one attached hydrogen (secondary N) is 2. The molecule has 2 N–H and O–H groups in total. The van der Waals surface area contributed by atoms with Crippen molar-refractivity contribution in [2.24, 2.45) is 0 Å². The first-order valence-corrected chi connectivity index (χ1v) is 9.52. The number of carbonyl (C=O) groups excluding carboxylic acids is 2. The van der Waals surface area contributed by atoms with Gasteiger partial charge in [-0.3, -0.25) is 9.59 Å². The zero-order chi connectivity index (χ0) is 17.2. The van der Waals surface area contributed by atoms with Gasteiger partial charge in [0.25, 0.3) is 0 Å². The van der Waals surface area contributed by atoms with Gasteiger partial charge < -0.3 is 10.6 Å². The second kappa shape index (κ2) is 6.92. The van der Waals surface area contributed by atoms with E-state index in [1.54, 1.807) is 0 Å². The number of fused-ring (bicyclic) bond motifs is 2. The number of hydrogen-bond donors (Lipinski definition) is 2. The molecule has 0 unspecified atom stereocenters. The molecule has 2 aromatic carbocycles. The van der Waals surface area contributed by atoms with Gasteiger partial charge in [0.2, 0.25) is 11.8 Å². The van der Waals surface area contributed by atoms with Gasteiger partial charge in [-0.05, 0) is 42.5 Å². The van der Waals surface area contributed by atoms with Gasteiger partial charge in [-0.2, -0.15) is 0 Å². The SMILES string of the molecule is O=C(C[C@@H]1Sc2ccccc2NC1=O)N[C@@H]1CCCc2ccccc21. The summed E-state index contributed by atoms with van der Waals surface area (Å²) in [6.07, 6.45) is 3.30. The maximum Gasteiger partial charge on any atom is 0.238 e. The number of anilines is 1. The van der Waals surface area contributed by atoms with Gasteiger partial charge in [0, 0.05) is 11.3 Å². The molecule has 0 bridgehead atoms. The first-order chi connectivity index (χ1) is 12.2. The average molecular weight is 352 g/mol.